The molecule has 0 spiro atoms. The number of fused-ring (bicyclic) bond motifs is 1. The number of morpholine rings is 1. The molecule has 2 fully saturated rings. The molecule has 2 aliphatic heterocycles. The smallest absolute Gasteiger partial charge is 0.298 e. The SMILES string of the molecule is Cc1nn(C)c(C)c1[C@@H]1COCCN1C(=O)C1CCN(c2nc3ccccc3o2)CC1. The Morgan fingerprint density at radius 3 is 2.61 bits per heavy atom. The van der Waals surface area contributed by atoms with Crippen LogP contribution in [0.15, 0.2) is 28.7 Å². The zero-order valence-corrected chi connectivity index (χ0v) is 18.4. The van der Waals surface area contributed by atoms with Crippen LogP contribution in [0.25, 0.3) is 11.1 Å². The number of hydrogen-bond donors (Lipinski definition) is 0. The summed E-state index contributed by atoms with van der Waals surface area (Å²) in [6, 6.07) is 8.39. The van der Waals surface area contributed by atoms with Gasteiger partial charge >= 0.3 is 0 Å². The van der Waals surface area contributed by atoms with Gasteiger partial charge in [-0.1, -0.05) is 12.1 Å². The molecule has 4 heterocycles. The van der Waals surface area contributed by atoms with Crippen molar-refractivity contribution in [3.8, 4) is 0 Å². The predicted octanol–water partition coefficient (Wildman–Crippen LogP) is 2.99. The number of ether oxygens (including phenoxy) is 1. The third-order valence-electron chi connectivity index (χ3n) is 6.71. The van der Waals surface area contributed by atoms with Crippen LogP contribution in [0.4, 0.5) is 6.01 Å². The van der Waals surface area contributed by atoms with Gasteiger partial charge in [-0.3, -0.25) is 9.48 Å². The third-order valence-corrected chi connectivity index (χ3v) is 6.71. The van der Waals surface area contributed by atoms with E-state index in [-0.39, 0.29) is 17.9 Å². The molecule has 8 nitrogen and oxygen atoms in total. The molecule has 0 saturated carbocycles. The largest absolute Gasteiger partial charge is 0.423 e. The van der Waals surface area contributed by atoms with Gasteiger partial charge in [-0.2, -0.15) is 10.1 Å². The average Bonchev–Trinajstić information content (AvgIpc) is 3.33. The quantitative estimate of drug-likeness (QED) is 0.645. The second-order valence-electron chi connectivity index (χ2n) is 8.56. The van der Waals surface area contributed by atoms with Gasteiger partial charge in [0.05, 0.1) is 24.9 Å². The Kier molecular flexibility index (Phi) is 5.17. The van der Waals surface area contributed by atoms with Gasteiger partial charge in [0, 0.05) is 43.9 Å². The van der Waals surface area contributed by atoms with Crippen LogP contribution in [-0.2, 0) is 16.6 Å². The maximum atomic E-state index is 13.5. The fourth-order valence-corrected chi connectivity index (χ4v) is 4.93. The van der Waals surface area contributed by atoms with Crippen LogP contribution < -0.4 is 4.90 Å². The van der Waals surface area contributed by atoms with Crippen molar-refractivity contribution in [3.05, 3.63) is 41.2 Å². The molecule has 0 unspecified atom stereocenters. The number of aryl methyl sites for hydroxylation is 2. The van der Waals surface area contributed by atoms with Gasteiger partial charge in [-0.15, -0.1) is 0 Å². The maximum Gasteiger partial charge on any atom is 0.298 e. The lowest BCUT2D eigenvalue weighted by Crippen LogP contribution is -2.48. The van der Waals surface area contributed by atoms with Crippen LogP contribution in [0.1, 0.15) is 35.8 Å². The van der Waals surface area contributed by atoms with Gasteiger partial charge < -0.3 is 19.0 Å². The summed E-state index contributed by atoms with van der Waals surface area (Å²) >= 11 is 0. The molecule has 164 valence electrons. The number of rotatable bonds is 3. The molecular formula is C23H29N5O3. The Morgan fingerprint density at radius 1 is 1.13 bits per heavy atom. The van der Waals surface area contributed by atoms with E-state index in [0.29, 0.717) is 25.8 Å². The molecule has 5 rings (SSSR count). The second-order valence-corrected chi connectivity index (χ2v) is 8.56. The Hall–Kier alpha value is -2.87. The molecule has 3 aromatic rings. The molecule has 2 aliphatic rings. The summed E-state index contributed by atoms with van der Waals surface area (Å²) in [5.41, 5.74) is 4.86. The molecule has 0 radical (unpaired) electrons. The lowest BCUT2D eigenvalue weighted by molar-refractivity contribution is -0.145. The third kappa shape index (κ3) is 3.59. The van der Waals surface area contributed by atoms with E-state index < -0.39 is 0 Å². The molecule has 8 heteroatoms. The highest BCUT2D eigenvalue weighted by Gasteiger charge is 2.37. The summed E-state index contributed by atoms with van der Waals surface area (Å²) in [5, 5.41) is 4.55. The van der Waals surface area contributed by atoms with Crippen LogP contribution in [0, 0.1) is 19.8 Å². The lowest BCUT2D eigenvalue weighted by Gasteiger charge is -2.40. The number of piperidine rings is 1. The van der Waals surface area contributed by atoms with E-state index in [1.165, 1.54) is 0 Å². The number of para-hydroxylation sites is 2. The molecule has 1 amide bonds. The van der Waals surface area contributed by atoms with Crippen molar-refractivity contribution in [2.45, 2.75) is 32.7 Å². The topological polar surface area (TPSA) is 76.6 Å². The van der Waals surface area contributed by atoms with Crippen molar-refractivity contribution in [2.24, 2.45) is 13.0 Å². The van der Waals surface area contributed by atoms with Gasteiger partial charge in [0.2, 0.25) is 5.91 Å². The van der Waals surface area contributed by atoms with E-state index >= 15 is 0 Å². The van der Waals surface area contributed by atoms with E-state index in [9.17, 15) is 4.79 Å². The molecule has 31 heavy (non-hydrogen) atoms. The number of carbonyl (C=O) groups excluding carboxylic acids is 1. The number of amides is 1. The fourth-order valence-electron chi connectivity index (χ4n) is 4.93. The number of nitrogens with zero attached hydrogens (tertiary/aromatic N) is 5. The molecule has 0 N–H and O–H groups in total. The first-order valence-corrected chi connectivity index (χ1v) is 11.0. The van der Waals surface area contributed by atoms with E-state index in [4.69, 9.17) is 9.15 Å². The standard InChI is InChI=1S/C23H29N5O3/c1-15-21(16(2)26(3)25-15)19-14-30-13-12-28(19)22(29)17-8-10-27(11-9-17)23-24-18-6-4-5-7-20(18)31-23/h4-7,17,19H,8-14H2,1-3H3/t19-/m0/s1. The number of benzene rings is 1. The van der Waals surface area contributed by atoms with E-state index in [1.54, 1.807) is 0 Å². The van der Waals surface area contributed by atoms with Gasteiger partial charge in [-0.05, 0) is 38.8 Å². The first kappa shape index (κ1) is 20.1. The zero-order chi connectivity index (χ0) is 21.5. The van der Waals surface area contributed by atoms with E-state index in [0.717, 1.165) is 54.0 Å². The van der Waals surface area contributed by atoms with Crippen LogP contribution in [0.5, 0.6) is 0 Å². The van der Waals surface area contributed by atoms with Crippen LogP contribution in [0.3, 0.4) is 0 Å². The summed E-state index contributed by atoms with van der Waals surface area (Å²) < 4.78 is 13.6. The number of hydrogen-bond acceptors (Lipinski definition) is 6. The molecule has 0 aliphatic carbocycles. The van der Waals surface area contributed by atoms with Gasteiger partial charge in [0.1, 0.15) is 5.52 Å². The minimum absolute atomic E-state index is 0.0125. The van der Waals surface area contributed by atoms with Gasteiger partial charge in [0.25, 0.3) is 6.01 Å². The molecule has 2 saturated heterocycles. The number of oxazole rings is 1. The first-order chi connectivity index (χ1) is 15.0. The molecule has 2 aromatic heterocycles. The monoisotopic (exact) mass is 423 g/mol. The van der Waals surface area contributed by atoms with Crippen molar-refractivity contribution >= 4 is 23.0 Å². The average molecular weight is 424 g/mol. The molecule has 1 aromatic carbocycles. The van der Waals surface area contributed by atoms with Crippen LogP contribution in [-0.4, -0.2) is 58.4 Å². The summed E-state index contributed by atoms with van der Waals surface area (Å²) in [7, 11) is 1.95. The summed E-state index contributed by atoms with van der Waals surface area (Å²) in [4.78, 5) is 22.3. The second kappa shape index (κ2) is 8.00. The maximum absolute atomic E-state index is 13.5. The minimum atomic E-state index is -0.0648. The van der Waals surface area contributed by atoms with Crippen molar-refractivity contribution < 1.29 is 13.9 Å². The van der Waals surface area contributed by atoms with Crippen molar-refractivity contribution in [2.75, 3.05) is 37.7 Å². The fraction of sp³-hybridized carbons (Fsp3) is 0.522. The van der Waals surface area contributed by atoms with Crippen molar-refractivity contribution in [3.63, 3.8) is 0 Å². The van der Waals surface area contributed by atoms with E-state index in [1.807, 2.05) is 47.8 Å². The summed E-state index contributed by atoms with van der Waals surface area (Å²) in [5.74, 6) is 0.242. The molecule has 1 atom stereocenters. The Bertz CT molecular complexity index is 1060. The van der Waals surface area contributed by atoms with Crippen molar-refractivity contribution in [1.29, 1.82) is 0 Å². The lowest BCUT2D eigenvalue weighted by atomic mass is 9.93. The highest BCUT2D eigenvalue weighted by molar-refractivity contribution is 5.80. The molecular weight excluding hydrogens is 394 g/mol. The molecule has 0 bridgehead atoms. The Balaban J connectivity index is 1.29. The highest BCUT2D eigenvalue weighted by atomic mass is 16.5. The normalized spacial score (nSPS) is 20.5. The Labute approximate surface area is 181 Å². The van der Waals surface area contributed by atoms with Gasteiger partial charge in [0.15, 0.2) is 5.58 Å². The Morgan fingerprint density at radius 2 is 1.90 bits per heavy atom. The number of carbonyl (C=O) groups is 1. The number of aromatic nitrogens is 3. The van der Waals surface area contributed by atoms with Crippen LogP contribution in [0.2, 0.25) is 0 Å². The van der Waals surface area contributed by atoms with Gasteiger partial charge in [-0.25, -0.2) is 0 Å². The highest BCUT2D eigenvalue weighted by Crippen LogP contribution is 2.33. The van der Waals surface area contributed by atoms with E-state index in [2.05, 4.69) is 21.9 Å². The number of anilines is 1. The first-order valence-electron chi connectivity index (χ1n) is 11.0. The summed E-state index contributed by atoms with van der Waals surface area (Å²) in [6.07, 6.45) is 1.60. The predicted molar refractivity (Wildman–Crippen MR) is 117 cm³/mol. The zero-order valence-electron chi connectivity index (χ0n) is 18.4. The summed E-state index contributed by atoms with van der Waals surface area (Å²) in [6.45, 7) is 7.35. The van der Waals surface area contributed by atoms with Crippen LogP contribution >= 0.6 is 0 Å². The minimum Gasteiger partial charge on any atom is -0.423 e. The van der Waals surface area contributed by atoms with Crippen molar-refractivity contribution in [1.82, 2.24) is 19.7 Å².